The van der Waals surface area contributed by atoms with Crippen LogP contribution in [0, 0.1) is 17.8 Å². The first kappa shape index (κ1) is 15.9. The summed E-state index contributed by atoms with van der Waals surface area (Å²) in [6, 6.07) is 1.89. The molecule has 118 valence electrons. The molecule has 0 saturated heterocycles. The van der Waals surface area contributed by atoms with Gasteiger partial charge in [-0.05, 0) is 64.2 Å². The van der Waals surface area contributed by atoms with Crippen LogP contribution >= 0.6 is 0 Å². The molecule has 0 aromatic carbocycles. The van der Waals surface area contributed by atoms with E-state index < -0.39 is 0 Å². The molecule has 2 aliphatic carbocycles. The van der Waals surface area contributed by atoms with E-state index in [1.165, 1.54) is 25.7 Å². The van der Waals surface area contributed by atoms with Crippen LogP contribution in [0.3, 0.4) is 0 Å². The van der Waals surface area contributed by atoms with Crippen molar-refractivity contribution in [1.29, 1.82) is 0 Å². The van der Waals surface area contributed by atoms with E-state index in [9.17, 15) is 4.79 Å². The van der Waals surface area contributed by atoms with Crippen LogP contribution in [-0.2, 0) is 9.53 Å². The quantitative estimate of drug-likeness (QED) is 0.866. The molecule has 1 aromatic rings. The second-order valence-corrected chi connectivity index (χ2v) is 6.89. The first-order valence-electron chi connectivity index (χ1n) is 7.73. The second-order valence-electron chi connectivity index (χ2n) is 6.89. The summed E-state index contributed by atoms with van der Waals surface area (Å²) >= 11 is 0. The normalized spacial score (nSPS) is 26.9. The van der Waals surface area contributed by atoms with Crippen LogP contribution in [0.2, 0.25) is 0 Å². The van der Waals surface area contributed by atoms with Gasteiger partial charge in [0.05, 0.1) is 6.61 Å². The maximum absolute atomic E-state index is 9.60. The third-order valence-electron chi connectivity index (χ3n) is 4.33. The Labute approximate surface area is 126 Å². The van der Waals surface area contributed by atoms with Crippen molar-refractivity contribution in [2.75, 3.05) is 6.61 Å². The average molecular weight is 294 g/mol. The van der Waals surface area contributed by atoms with Crippen LogP contribution in [-0.4, -0.2) is 28.9 Å². The lowest BCUT2D eigenvalue weighted by Crippen LogP contribution is -2.17. The minimum absolute atomic E-state index is 0.318. The van der Waals surface area contributed by atoms with Gasteiger partial charge >= 0.3 is 0 Å². The molecule has 2 fully saturated rings. The third kappa shape index (κ3) is 4.76. The second kappa shape index (κ2) is 6.96. The van der Waals surface area contributed by atoms with Crippen LogP contribution in [0.5, 0.6) is 5.88 Å². The fourth-order valence-electron chi connectivity index (χ4n) is 3.31. The molecule has 0 spiro atoms. The number of fused-ring (bicyclic) bond motifs is 2. The molecule has 3 rings (SSSR count). The van der Waals surface area contributed by atoms with E-state index in [1.54, 1.807) is 6.20 Å². The molecular weight excluding hydrogens is 268 g/mol. The molecule has 2 saturated carbocycles. The van der Waals surface area contributed by atoms with E-state index in [1.807, 2.05) is 26.8 Å². The molecule has 0 radical (unpaired) electrons. The summed E-state index contributed by atoms with van der Waals surface area (Å²) in [5.74, 6) is 3.45. The number of hydrogen-bond donors (Lipinski definition) is 1. The van der Waals surface area contributed by atoms with Gasteiger partial charge in [0, 0.05) is 12.3 Å². The molecule has 1 N–H and O–H groups in total. The smallest absolute Gasteiger partial charge is 0.293 e. The van der Waals surface area contributed by atoms with Crippen molar-refractivity contribution in [3.63, 3.8) is 0 Å². The van der Waals surface area contributed by atoms with Crippen LogP contribution in [0.4, 0.5) is 0 Å². The molecule has 2 bridgehead atoms. The van der Waals surface area contributed by atoms with Crippen LogP contribution in [0.1, 0.15) is 46.5 Å². The van der Waals surface area contributed by atoms with E-state index in [-0.39, 0.29) is 5.60 Å². The lowest BCUT2D eigenvalue weighted by molar-refractivity contribution is -0.138. The summed E-state index contributed by atoms with van der Waals surface area (Å²) in [6.07, 6.45) is 7.52. The number of H-pyrrole nitrogens is 1. The highest BCUT2D eigenvalue weighted by Crippen LogP contribution is 2.49. The molecule has 5 heteroatoms. The van der Waals surface area contributed by atoms with Crippen molar-refractivity contribution in [2.24, 2.45) is 17.8 Å². The lowest BCUT2D eigenvalue weighted by atomic mass is 9.99. The summed E-state index contributed by atoms with van der Waals surface area (Å²) in [5.41, 5.74) is -0.318. The fraction of sp³-hybridized carbons (Fsp3) is 0.750. The minimum Gasteiger partial charge on any atom is -0.476 e. The fourth-order valence-corrected chi connectivity index (χ4v) is 3.31. The van der Waals surface area contributed by atoms with Crippen LogP contribution < -0.4 is 4.74 Å². The van der Waals surface area contributed by atoms with Crippen LogP contribution in [0.25, 0.3) is 0 Å². The first-order chi connectivity index (χ1) is 9.99. The Balaban J connectivity index is 0.000000199. The molecule has 0 aliphatic heterocycles. The number of nitrogens with zero attached hydrogens (tertiary/aromatic N) is 1. The maximum Gasteiger partial charge on any atom is 0.293 e. The van der Waals surface area contributed by atoms with E-state index >= 15 is 0 Å². The predicted octanol–water partition coefficient (Wildman–Crippen LogP) is 3.18. The Hall–Kier alpha value is -1.52. The zero-order valence-electron chi connectivity index (χ0n) is 13.2. The maximum atomic E-state index is 9.60. The van der Waals surface area contributed by atoms with Gasteiger partial charge in [-0.1, -0.05) is 0 Å². The highest BCUT2D eigenvalue weighted by atomic mass is 16.5. The Morgan fingerprint density at radius 1 is 1.29 bits per heavy atom. The predicted molar refractivity (Wildman–Crippen MR) is 79.9 cm³/mol. The molecule has 0 amide bonds. The van der Waals surface area contributed by atoms with Gasteiger partial charge in [0.25, 0.3) is 6.47 Å². The number of aromatic amines is 1. The Bertz CT molecular complexity index is 405. The Kier molecular flexibility index (Phi) is 5.26. The Morgan fingerprint density at radius 3 is 2.29 bits per heavy atom. The van der Waals surface area contributed by atoms with E-state index in [4.69, 9.17) is 4.74 Å². The molecule has 2 aliphatic rings. The standard InChI is InChI=1S/C11H16N2O.C5H10O2/c1-2-9-4-3-8(1)10(9)7-14-11-5-6-12-13-11;1-5(2,3)7-4-6/h5-6,8-10H,1-4,7H2,(H,12,13);4H,1-3H3. The summed E-state index contributed by atoms with van der Waals surface area (Å²) < 4.78 is 10.2. The molecule has 1 heterocycles. The number of rotatable bonds is 4. The van der Waals surface area contributed by atoms with Crippen molar-refractivity contribution < 1.29 is 14.3 Å². The van der Waals surface area contributed by atoms with Gasteiger partial charge in [-0.3, -0.25) is 9.89 Å². The van der Waals surface area contributed by atoms with Crippen molar-refractivity contribution in [1.82, 2.24) is 10.2 Å². The molecule has 0 unspecified atom stereocenters. The number of hydrogen-bond acceptors (Lipinski definition) is 4. The average Bonchev–Trinajstić information content (AvgIpc) is 3.13. The molecular formula is C16H26N2O3. The van der Waals surface area contributed by atoms with Crippen molar-refractivity contribution in [2.45, 2.75) is 52.1 Å². The number of carbonyl (C=O) groups excluding carboxylic acids is 1. The van der Waals surface area contributed by atoms with Gasteiger partial charge in [0.1, 0.15) is 5.60 Å². The van der Waals surface area contributed by atoms with Crippen molar-refractivity contribution in [3.8, 4) is 5.88 Å². The molecule has 0 atom stereocenters. The number of ether oxygens (including phenoxy) is 2. The van der Waals surface area contributed by atoms with Crippen molar-refractivity contribution in [3.05, 3.63) is 12.3 Å². The summed E-state index contributed by atoms with van der Waals surface area (Å²) in [5, 5.41) is 6.77. The van der Waals surface area contributed by atoms with E-state index in [0.29, 0.717) is 6.47 Å². The first-order valence-corrected chi connectivity index (χ1v) is 7.73. The van der Waals surface area contributed by atoms with Crippen molar-refractivity contribution >= 4 is 6.47 Å². The van der Waals surface area contributed by atoms with Gasteiger partial charge in [-0.15, -0.1) is 5.10 Å². The van der Waals surface area contributed by atoms with Gasteiger partial charge in [0.2, 0.25) is 5.88 Å². The number of aromatic nitrogens is 2. The van der Waals surface area contributed by atoms with E-state index in [2.05, 4.69) is 14.9 Å². The summed E-state index contributed by atoms with van der Waals surface area (Å²) in [7, 11) is 0. The minimum atomic E-state index is -0.318. The van der Waals surface area contributed by atoms with Gasteiger partial charge in [-0.25, -0.2) is 0 Å². The molecule has 5 nitrogen and oxygen atoms in total. The highest BCUT2D eigenvalue weighted by molar-refractivity contribution is 5.37. The molecule has 1 aromatic heterocycles. The summed E-state index contributed by atoms with van der Waals surface area (Å²) in [4.78, 5) is 9.60. The van der Waals surface area contributed by atoms with E-state index in [0.717, 1.165) is 30.2 Å². The van der Waals surface area contributed by atoms with Crippen LogP contribution in [0.15, 0.2) is 12.3 Å². The lowest BCUT2D eigenvalue weighted by Gasteiger charge is -2.14. The SMILES string of the molecule is CC(C)(C)OC=O.c1cc(OCC2C3CCC2CC3)n[nH]1. The monoisotopic (exact) mass is 294 g/mol. The number of carbonyl (C=O) groups is 1. The number of nitrogens with one attached hydrogen (secondary N) is 1. The van der Waals surface area contributed by atoms with Gasteiger partial charge in [-0.2, -0.15) is 0 Å². The van der Waals surface area contributed by atoms with Gasteiger partial charge < -0.3 is 9.47 Å². The zero-order valence-corrected chi connectivity index (χ0v) is 13.2. The summed E-state index contributed by atoms with van der Waals surface area (Å²) in [6.45, 7) is 6.80. The zero-order chi connectivity index (χ0) is 15.3. The largest absolute Gasteiger partial charge is 0.476 e. The topological polar surface area (TPSA) is 64.2 Å². The highest BCUT2D eigenvalue weighted by Gasteiger charge is 2.41. The third-order valence-corrected chi connectivity index (χ3v) is 4.33. The molecule has 21 heavy (non-hydrogen) atoms. The Morgan fingerprint density at radius 2 is 1.90 bits per heavy atom. The van der Waals surface area contributed by atoms with Gasteiger partial charge in [0.15, 0.2) is 0 Å².